The Kier molecular flexibility index (Phi) is 6.59. The predicted molar refractivity (Wildman–Crippen MR) is 110 cm³/mol. The highest BCUT2D eigenvalue weighted by atomic mass is 32.1. The summed E-state index contributed by atoms with van der Waals surface area (Å²) in [6.07, 6.45) is 7.61. The van der Waals surface area contributed by atoms with Crippen LogP contribution in [0.15, 0.2) is 18.2 Å². The maximum absolute atomic E-state index is 5.58. The molecular weight excluding hydrogens is 346 g/mol. The summed E-state index contributed by atoms with van der Waals surface area (Å²) in [6.45, 7) is 3.51. The molecule has 0 radical (unpaired) electrons. The molecule has 2 N–H and O–H groups in total. The van der Waals surface area contributed by atoms with Crippen molar-refractivity contribution in [3.8, 4) is 11.5 Å². The molecule has 0 aliphatic carbocycles. The highest BCUT2D eigenvalue weighted by Gasteiger charge is 2.37. The number of rotatable bonds is 6. The van der Waals surface area contributed by atoms with Crippen LogP contribution in [0, 0.1) is 0 Å². The van der Waals surface area contributed by atoms with Gasteiger partial charge in [-0.15, -0.1) is 0 Å². The van der Waals surface area contributed by atoms with Gasteiger partial charge in [-0.05, 0) is 63.0 Å². The van der Waals surface area contributed by atoms with Gasteiger partial charge in [-0.3, -0.25) is 4.90 Å². The molecule has 2 aliphatic heterocycles. The lowest BCUT2D eigenvalue weighted by Crippen LogP contribution is -2.57. The van der Waals surface area contributed by atoms with Gasteiger partial charge in [-0.1, -0.05) is 13.3 Å². The summed E-state index contributed by atoms with van der Waals surface area (Å²) >= 11 is 5.58. The smallest absolute Gasteiger partial charge is 0.171 e. The molecule has 6 heteroatoms. The normalized spacial score (nSPS) is 25.4. The minimum absolute atomic E-state index is 0.447. The number of piperidine rings is 2. The standard InChI is InChI=1S/C20H31N3O2S/c1-4-10-23-15-6-5-7-16(23)12-14(11-15)21-20(26)22-18-9-8-17(24-2)13-19(18)25-3/h8-9,13-16H,4-7,10-12H2,1-3H3,(H2,21,22,26)/t15-,16-/m0/s1. The predicted octanol–water partition coefficient (Wildman–Crippen LogP) is 3.79. The van der Waals surface area contributed by atoms with Gasteiger partial charge in [0.1, 0.15) is 11.5 Å². The number of nitrogens with zero attached hydrogens (tertiary/aromatic N) is 1. The van der Waals surface area contributed by atoms with Crippen molar-refractivity contribution >= 4 is 23.0 Å². The number of fused-ring (bicyclic) bond motifs is 2. The summed E-state index contributed by atoms with van der Waals surface area (Å²) in [5, 5.41) is 7.50. The van der Waals surface area contributed by atoms with Crippen molar-refractivity contribution < 1.29 is 9.47 Å². The van der Waals surface area contributed by atoms with E-state index in [0.717, 1.165) is 17.2 Å². The highest BCUT2D eigenvalue weighted by Crippen LogP contribution is 2.34. The lowest BCUT2D eigenvalue weighted by Gasteiger charge is -2.49. The van der Waals surface area contributed by atoms with Crippen molar-refractivity contribution in [3.63, 3.8) is 0 Å². The molecule has 2 fully saturated rings. The van der Waals surface area contributed by atoms with Gasteiger partial charge in [-0.25, -0.2) is 0 Å². The Morgan fingerprint density at radius 3 is 2.54 bits per heavy atom. The molecular formula is C20H31N3O2S. The summed E-state index contributed by atoms with van der Waals surface area (Å²) in [7, 11) is 3.30. The minimum atomic E-state index is 0.447. The largest absolute Gasteiger partial charge is 0.497 e. The number of hydrogen-bond donors (Lipinski definition) is 2. The van der Waals surface area contributed by atoms with Gasteiger partial charge in [0.05, 0.1) is 19.9 Å². The van der Waals surface area contributed by atoms with Crippen LogP contribution >= 0.6 is 12.2 Å². The molecule has 2 bridgehead atoms. The van der Waals surface area contributed by atoms with E-state index in [0.29, 0.717) is 23.2 Å². The minimum Gasteiger partial charge on any atom is -0.497 e. The molecule has 2 heterocycles. The van der Waals surface area contributed by atoms with Crippen LogP contribution in [0.3, 0.4) is 0 Å². The second-order valence-corrected chi connectivity index (χ2v) is 7.72. The maximum atomic E-state index is 5.58. The zero-order chi connectivity index (χ0) is 18.5. The van der Waals surface area contributed by atoms with Crippen LogP contribution in [0.25, 0.3) is 0 Å². The molecule has 1 aromatic carbocycles. The lowest BCUT2D eigenvalue weighted by atomic mass is 9.81. The Morgan fingerprint density at radius 2 is 1.92 bits per heavy atom. The second-order valence-electron chi connectivity index (χ2n) is 7.31. The summed E-state index contributed by atoms with van der Waals surface area (Å²) < 4.78 is 10.7. The number of ether oxygens (including phenoxy) is 2. The van der Waals surface area contributed by atoms with E-state index >= 15 is 0 Å². The first kappa shape index (κ1) is 19.2. The first-order chi connectivity index (χ1) is 12.6. The van der Waals surface area contributed by atoms with Gasteiger partial charge < -0.3 is 20.1 Å². The van der Waals surface area contributed by atoms with E-state index in [1.807, 2.05) is 18.2 Å². The molecule has 2 aliphatic rings. The van der Waals surface area contributed by atoms with E-state index in [4.69, 9.17) is 21.7 Å². The fraction of sp³-hybridized carbons (Fsp3) is 0.650. The third-order valence-corrected chi connectivity index (χ3v) is 5.82. The SMILES string of the molecule is CCCN1[C@H]2CCC[C@H]1CC(NC(=S)Nc1ccc(OC)cc1OC)C2. The molecule has 2 atom stereocenters. The third-order valence-electron chi connectivity index (χ3n) is 5.60. The van der Waals surface area contributed by atoms with E-state index in [1.54, 1.807) is 14.2 Å². The van der Waals surface area contributed by atoms with Crippen molar-refractivity contribution in [2.45, 2.75) is 63.6 Å². The number of methoxy groups -OCH3 is 2. The molecule has 0 amide bonds. The average molecular weight is 378 g/mol. The third kappa shape index (κ3) is 4.41. The first-order valence-corrected chi connectivity index (χ1v) is 10.1. The van der Waals surface area contributed by atoms with Crippen LogP contribution in [-0.2, 0) is 0 Å². The van der Waals surface area contributed by atoms with Crippen LogP contribution < -0.4 is 20.1 Å². The fourth-order valence-corrected chi connectivity index (χ4v) is 4.74. The molecule has 144 valence electrons. The van der Waals surface area contributed by atoms with Crippen LogP contribution in [0.4, 0.5) is 5.69 Å². The van der Waals surface area contributed by atoms with E-state index < -0.39 is 0 Å². The van der Waals surface area contributed by atoms with E-state index in [1.165, 1.54) is 45.1 Å². The Bertz CT molecular complexity index is 611. The fourth-order valence-electron chi connectivity index (χ4n) is 4.47. The van der Waals surface area contributed by atoms with Gasteiger partial charge >= 0.3 is 0 Å². The molecule has 26 heavy (non-hydrogen) atoms. The summed E-state index contributed by atoms with van der Waals surface area (Å²) in [5.74, 6) is 1.49. The zero-order valence-corrected chi connectivity index (χ0v) is 16.9. The Hall–Kier alpha value is -1.53. The van der Waals surface area contributed by atoms with Crippen molar-refractivity contribution in [2.75, 3.05) is 26.1 Å². The van der Waals surface area contributed by atoms with Crippen molar-refractivity contribution in [1.29, 1.82) is 0 Å². The quantitative estimate of drug-likeness (QED) is 0.736. The number of benzene rings is 1. The van der Waals surface area contributed by atoms with E-state index in [2.05, 4.69) is 22.5 Å². The van der Waals surface area contributed by atoms with Gasteiger partial charge in [0.25, 0.3) is 0 Å². The van der Waals surface area contributed by atoms with E-state index in [-0.39, 0.29) is 0 Å². The number of nitrogens with one attached hydrogen (secondary N) is 2. The molecule has 0 aromatic heterocycles. The zero-order valence-electron chi connectivity index (χ0n) is 16.1. The van der Waals surface area contributed by atoms with E-state index in [9.17, 15) is 0 Å². The number of hydrogen-bond acceptors (Lipinski definition) is 4. The Labute approximate surface area is 162 Å². The topological polar surface area (TPSA) is 45.8 Å². The first-order valence-electron chi connectivity index (χ1n) is 9.69. The van der Waals surface area contributed by atoms with Gasteiger partial charge in [0, 0.05) is 24.2 Å². The molecule has 1 aromatic rings. The molecule has 0 saturated carbocycles. The second kappa shape index (κ2) is 8.91. The molecule has 2 saturated heterocycles. The summed E-state index contributed by atoms with van der Waals surface area (Å²) in [5.41, 5.74) is 0.856. The number of thiocarbonyl (C=S) groups is 1. The van der Waals surface area contributed by atoms with Crippen LogP contribution in [0.1, 0.15) is 45.4 Å². The Balaban J connectivity index is 1.59. The van der Waals surface area contributed by atoms with Crippen molar-refractivity contribution in [2.24, 2.45) is 0 Å². The Morgan fingerprint density at radius 1 is 1.19 bits per heavy atom. The molecule has 5 nitrogen and oxygen atoms in total. The monoisotopic (exact) mass is 377 g/mol. The van der Waals surface area contributed by atoms with Crippen LogP contribution in [0.2, 0.25) is 0 Å². The van der Waals surface area contributed by atoms with Crippen molar-refractivity contribution in [3.05, 3.63) is 18.2 Å². The number of anilines is 1. The van der Waals surface area contributed by atoms with Crippen molar-refractivity contribution in [1.82, 2.24) is 10.2 Å². The van der Waals surface area contributed by atoms with Crippen LogP contribution in [0.5, 0.6) is 11.5 Å². The maximum Gasteiger partial charge on any atom is 0.171 e. The van der Waals surface area contributed by atoms with Gasteiger partial charge in [-0.2, -0.15) is 0 Å². The van der Waals surface area contributed by atoms with Gasteiger partial charge in [0.2, 0.25) is 0 Å². The molecule has 0 spiro atoms. The van der Waals surface area contributed by atoms with Gasteiger partial charge in [0.15, 0.2) is 5.11 Å². The highest BCUT2D eigenvalue weighted by molar-refractivity contribution is 7.80. The summed E-state index contributed by atoms with van der Waals surface area (Å²) in [4.78, 5) is 2.74. The molecule has 3 rings (SSSR count). The molecule has 0 unspecified atom stereocenters. The van der Waals surface area contributed by atoms with Crippen LogP contribution in [-0.4, -0.2) is 48.9 Å². The lowest BCUT2D eigenvalue weighted by molar-refractivity contribution is 0.0284. The average Bonchev–Trinajstić information content (AvgIpc) is 2.62. The summed E-state index contributed by atoms with van der Waals surface area (Å²) in [6, 6.07) is 7.56.